The molecule has 0 amide bonds. The molecule has 1 heterocycles. The minimum atomic E-state index is -0.305. The van der Waals surface area contributed by atoms with Gasteiger partial charge in [0, 0.05) is 21.6 Å². The van der Waals surface area contributed by atoms with Crippen LogP contribution in [0, 0.1) is 17.1 Å². The molecule has 1 N–H and O–H groups in total. The number of aromatic amines is 1. The maximum absolute atomic E-state index is 13.5. The molecule has 1 aromatic heterocycles. The SMILES string of the molecule is N#CCc1c[nH]c2cc(Br)cc(F)c12. The predicted octanol–water partition coefficient (Wildman–Crippen LogP) is 3.14. The smallest absolute Gasteiger partial charge is 0.134 e. The van der Waals surface area contributed by atoms with Gasteiger partial charge in [0.2, 0.25) is 0 Å². The fourth-order valence-corrected chi connectivity index (χ4v) is 1.91. The Morgan fingerprint density at radius 2 is 2.29 bits per heavy atom. The van der Waals surface area contributed by atoms with Gasteiger partial charge < -0.3 is 4.98 Å². The van der Waals surface area contributed by atoms with Crippen molar-refractivity contribution in [3.05, 3.63) is 34.2 Å². The van der Waals surface area contributed by atoms with Crippen LogP contribution in [-0.4, -0.2) is 4.98 Å². The Morgan fingerprint density at radius 1 is 1.50 bits per heavy atom. The van der Waals surface area contributed by atoms with Crippen LogP contribution >= 0.6 is 15.9 Å². The molecule has 0 saturated carbocycles. The van der Waals surface area contributed by atoms with Gasteiger partial charge >= 0.3 is 0 Å². The van der Waals surface area contributed by atoms with Crippen molar-refractivity contribution >= 4 is 26.8 Å². The third-order valence-corrected chi connectivity index (χ3v) is 2.51. The van der Waals surface area contributed by atoms with Crippen LogP contribution in [0.1, 0.15) is 5.56 Å². The summed E-state index contributed by atoms with van der Waals surface area (Å²) in [5, 5.41) is 9.06. The molecule has 0 aliphatic rings. The van der Waals surface area contributed by atoms with Gasteiger partial charge in [-0.25, -0.2) is 4.39 Å². The van der Waals surface area contributed by atoms with Crippen LogP contribution in [0.5, 0.6) is 0 Å². The average Bonchev–Trinajstić information content (AvgIpc) is 2.49. The molecule has 0 bridgehead atoms. The van der Waals surface area contributed by atoms with Gasteiger partial charge in [0.1, 0.15) is 5.82 Å². The number of H-pyrrole nitrogens is 1. The maximum atomic E-state index is 13.5. The molecule has 2 nitrogen and oxygen atoms in total. The summed E-state index contributed by atoms with van der Waals surface area (Å²) in [6, 6.07) is 5.20. The molecule has 0 atom stereocenters. The van der Waals surface area contributed by atoms with Gasteiger partial charge in [-0.05, 0) is 17.7 Å². The zero-order valence-corrected chi connectivity index (χ0v) is 8.73. The van der Waals surface area contributed by atoms with Gasteiger partial charge in [0.05, 0.1) is 12.5 Å². The zero-order chi connectivity index (χ0) is 10.1. The first-order valence-corrected chi connectivity index (χ1v) is 4.83. The number of fused-ring (bicyclic) bond motifs is 1. The minimum absolute atomic E-state index is 0.221. The van der Waals surface area contributed by atoms with E-state index in [-0.39, 0.29) is 12.2 Å². The van der Waals surface area contributed by atoms with E-state index in [0.29, 0.717) is 20.9 Å². The molecule has 0 fully saturated rings. The molecular formula is C10H6BrFN2. The Labute approximate surface area is 88.5 Å². The standard InChI is InChI=1S/C10H6BrFN2/c11-7-3-8(12)10-6(1-2-13)5-14-9(10)4-7/h3-5,14H,1H2. The summed E-state index contributed by atoms with van der Waals surface area (Å²) < 4.78 is 14.2. The number of hydrogen-bond acceptors (Lipinski definition) is 1. The second kappa shape index (κ2) is 3.43. The van der Waals surface area contributed by atoms with Crippen molar-refractivity contribution in [2.45, 2.75) is 6.42 Å². The Hall–Kier alpha value is -1.34. The zero-order valence-electron chi connectivity index (χ0n) is 7.14. The Morgan fingerprint density at radius 3 is 3.00 bits per heavy atom. The van der Waals surface area contributed by atoms with Crippen LogP contribution in [0.25, 0.3) is 10.9 Å². The molecule has 2 aromatic rings. The third-order valence-electron chi connectivity index (χ3n) is 2.05. The van der Waals surface area contributed by atoms with Crippen molar-refractivity contribution < 1.29 is 4.39 Å². The van der Waals surface area contributed by atoms with Gasteiger partial charge in [-0.2, -0.15) is 5.26 Å². The number of nitrogens with one attached hydrogen (secondary N) is 1. The number of nitrogens with zero attached hydrogens (tertiary/aromatic N) is 1. The molecule has 2 rings (SSSR count). The molecule has 1 aromatic carbocycles. The Balaban J connectivity index is 2.74. The van der Waals surface area contributed by atoms with Crippen molar-refractivity contribution in [1.29, 1.82) is 5.26 Å². The van der Waals surface area contributed by atoms with Gasteiger partial charge in [-0.3, -0.25) is 0 Å². The number of nitriles is 1. The molecule has 0 spiro atoms. The summed E-state index contributed by atoms with van der Waals surface area (Å²) in [6.45, 7) is 0. The lowest BCUT2D eigenvalue weighted by Gasteiger charge is -1.96. The van der Waals surface area contributed by atoms with E-state index in [1.54, 1.807) is 12.3 Å². The summed E-state index contributed by atoms with van der Waals surface area (Å²) in [5.74, 6) is -0.305. The van der Waals surface area contributed by atoms with E-state index in [4.69, 9.17) is 5.26 Å². The third kappa shape index (κ3) is 1.40. The topological polar surface area (TPSA) is 39.6 Å². The van der Waals surface area contributed by atoms with Crippen LogP contribution in [-0.2, 0) is 6.42 Å². The largest absolute Gasteiger partial charge is 0.361 e. The van der Waals surface area contributed by atoms with E-state index in [1.165, 1.54) is 6.07 Å². The summed E-state index contributed by atoms with van der Waals surface area (Å²) in [5.41, 5.74) is 1.41. The fraction of sp³-hybridized carbons (Fsp3) is 0.100. The van der Waals surface area contributed by atoms with E-state index >= 15 is 0 Å². The molecule has 0 aliphatic heterocycles. The van der Waals surface area contributed by atoms with Crippen LogP contribution in [0.15, 0.2) is 22.8 Å². The summed E-state index contributed by atoms with van der Waals surface area (Å²) >= 11 is 3.21. The lowest BCUT2D eigenvalue weighted by atomic mass is 10.1. The highest BCUT2D eigenvalue weighted by Gasteiger charge is 2.09. The highest BCUT2D eigenvalue weighted by atomic mass is 79.9. The molecule has 0 radical (unpaired) electrons. The van der Waals surface area contributed by atoms with E-state index in [0.717, 1.165) is 0 Å². The van der Waals surface area contributed by atoms with Gasteiger partial charge in [0.25, 0.3) is 0 Å². The average molecular weight is 253 g/mol. The first kappa shape index (κ1) is 9.22. The summed E-state index contributed by atoms with van der Waals surface area (Å²) in [4.78, 5) is 2.93. The second-order valence-electron chi connectivity index (χ2n) is 2.96. The monoisotopic (exact) mass is 252 g/mol. The molecule has 4 heteroatoms. The van der Waals surface area contributed by atoms with Crippen molar-refractivity contribution in [2.75, 3.05) is 0 Å². The van der Waals surface area contributed by atoms with Crippen molar-refractivity contribution in [2.24, 2.45) is 0 Å². The van der Waals surface area contributed by atoms with Gasteiger partial charge in [0.15, 0.2) is 0 Å². The van der Waals surface area contributed by atoms with Crippen LogP contribution < -0.4 is 0 Å². The van der Waals surface area contributed by atoms with E-state index in [2.05, 4.69) is 20.9 Å². The van der Waals surface area contributed by atoms with E-state index < -0.39 is 0 Å². The predicted molar refractivity (Wildman–Crippen MR) is 55.3 cm³/mol. The van der Waals surface area contributed by atoms with E-state index in [9.17, 15) is 4.39 Å². The molecular weight excluding hydrogens is 247 g/mol. The van der Waals surface area contributed by atoms with Crippen molar-refractivity contribution in [3.8, 4) is 6.07 Å². The molecule has 14 heavy (non-hydrogen) atoms. The van der Waals surface area contributed by atoms with Crippen LogP contribution in [0.3, 0.4) is 0 Å². The molecule has 0 saturated heterocycles. The quantitative estimate of drug-likeness (QED) is 0.833. The number of benzene rings is 1. The number of halogens is 2. The Kier molecular flexibility index (Phi) is 2.26. The van der Waals surface area contributed by atoms with Gasteiger partial charge in [-0.15, -0.1) is 0 Å². The molecule has 70 valence electrons. The maximum Gasteiger partial charge on any atom is 0.134 e. The van der Waals surface area contributed by atoms with Crippen molar-refractivity contribution in [1.82, 2.24) is 4.98 Å². The first-order valence-electron chi connectivity index (χ1n) is 4.04. The number of hydrogen-bond donors (Lipinski definition) is 1. The van der Waals surface area contributed by atoms with Gasteiger partial charge in [-0.1, -0.05) is 15.9 Å². The lowest BCUT2D eigenvalue weighted by Crippen LogP contribution is -1.82. The highest BCUT2D eigenvalue weighted by molar-refractivity contribution is 9.10. The Bertz CT molecular complexity index is 525. The second-order valence-corrected chi connectivity index (χ2v) is 3.87. The minimum Gasteiger partial charge on any atom is -0.361 e. The molecule has 0 aliphatic carbocycles. The van der Waals surface area contributed by atoms with E-state index in [1.807, 2.05) is 6.07 Å². The number of rotatable bonds is 1. The first-order chi connectivity index (χ1) is 6.72. The van der Waals surface area contributed by atoms with Crippen molar-refractivity contribution in [3.63, 3.8) is 0 Å². The van der Waals surface area contributed by atoms with Crippen LogP contribution in [0.4, 0.5) is 4.39 Å². The summed E-state index contributed by atoms with van der Waals surface area (Å²) in [7, 11) is 0. The summed E-state index contributed by atoms with van der Waals surface area (Å²) in [6.07, 6.45) is 1.89. The number of aromatic nitrogens is 1. The molecule has 0 unspecified atom stereocenters. The fourth-order valence-electron chi connectivity index (χ4n) is 1.48. The van der Waals surface area contributed by atoms with Crippen LogP contribution in [0.2, 0.25) is 0 Å². The normalized spacial score (nSPS) is 10.4. The lowest BCUT2D eigenvalue weighted by molar-refractivity contribution is 0.638. The highest BCUT2D eigenvalue weighted by Crippen LogP contribution is 2.25.